The summed E-state index contributed by atoms with van der Waals surface area (Å²) in [5.74, 6) is 0. The fourth-order valence-electron chi connectivity index (χ4n) is 6.37. The molecule has 0 saturated heterocycles. The van der Waals surface area contributed by atoms with Crippen molar-refractivity contribution in [2.75, 3.05) is 0 Å². The molecule has 0 spiro atoms. The predicted octanol–water partition coefficient (Wildman–Crippen LogP) is 8.82. The van der Waals surface area contributed by atoms with Crippen molar-refractivity contribution in [3.05, 3.63) is 131 Å². The molecule has 3 aliphatic carbocycles. The summed E-state index contributed by atoms with van der Waals surface area (Å²) in [5.41, 5.74) is 11.0. The molecule has 0 nitrogen and oxygen atoms in total. The monoisotopic (exact) mass is 430 g/mol. The van der Waals surface area contributed by atoms with E-state index in [1.165, 1.54) is 76.8 Å². The molecule has 3 aliphatic rings. The van der Waals surface area contributed by atoms with Gasteiger partial charge in [-0.3, -0.25) is 0 Å². The summed E-state index contributed by atoms with van der Waals surface area (Å²) in [6.07, 6.45) is 15.6. The standard InChI is InChI=1S/C34H22/c1-5-21-13-15-31-27-11-3-9-25(33(27)19-17-29(31)23(21)7-1)26-10-4-12-28-32-16-14-22-6-2-8-24(22)30(32)18-20-34(26)28/h1-7,9-14,16-20H,8,15H2. The first-order valence-electron chi connectivity index (χ1n) is 12.1. The minimum atomic E-state index is 0.993. The van der Waals surface area contributed by atoms with Crippen LogP contribution in [0, 0.1) is 0 Å². The highest BCUT2D eigenvalue weighted by atomic mass is 14.2. The molecule has 0 atom stereocenters. The van der Waals surface area contributed by atoms with E-state index < -0.39 is 0 Å². The van der Waals surface area contributed by atoms with E-state index in [1.54, 1.807) is 0 Å². The van der Waals surface area contributed by atoms with E-state index in [4.69, 9.17) is 0 Å². The van der Waals surface area contributed by atoms with Crippen LogP contribution in [-0.2, 0) is 12.8 Å². The van der Waals surface area contributed by atoms with Crippen LogP contribution in [0.25, 0.3) is 55.1 Å². The van der Waals surface area contributed by atoms with Crippen LogP contribution in [-0.4, -0.2) is 0 Å². The molecule has 0 unspecified atom stereocenters. The summed E-state index contributed by atoms with van der Waals surface area (Å²) in [4.78, 5) is 0. The zero-order valence-electron chi connectivity index (χ0n) is 18.8. The smallest absolute Gasteiger partial charge is 0.00759 e. The third-order valence-electron chi connectivity index (χ3n) is 7.95. The third kappa shape index (κ3) is 2.38. The zero-order valence-corrected chi connectivity index (χ0v) is 18.8. The Kier molecular flexibility index (Phi) is 3.59. The van der Waals surface area contributed by atoms with Crippen molar-refractivity contribution in [1.29, 1.82) is 0 Å². The first-order valence-corrected chi connectivity index (χ1v) is 12.1. The number of hydrogen-bond donors (Lipinski definition) is 0. The number of fused-ring (bicyclic) bond motifs is 10. The topological polar surface area (TPSA) is 0 Å². The van der Waals surface area contributed by atoms with E-state index in [1.807, 2.05) is 0 Å². The molecule has 0 radical (unpaired) electrons. The Morgan fingerprint density at radius 3 is 2.12 bits per heavy atom. The fraction of sp³-hybridized carbons (Fsp3) is 0.0588. The third-order valence-corrected chi connectivity index (χ3v) is 7.95. The van der Waals surface area contributed by atoms with Gasteiger partial charge < -0.3 is 0 Å². The van der Waals surface area contributed by atoms with Crippen LogP contribution >= 0.6 is 0 Å². The van der Waals surface area contributed by atoms with E-state index in [-0.39, 0.29) is 0 Å². The lowest BCUT2D eigenvalue weighted by molar-refractivity contribution is 1.24. The van der Waals surface area contributed by atoms with Gasteiger partial charge >= 0.3 is 0 Å². The normalized spacial score (nSPS) is 15.5. The van der Waals surface area contributed by atoms with Crippen LogP contribution in [0.4, 0.5) is 0 Å². The lowest BCUT2D eigenvalue weighted by Gasteiger charge is -2.20. The Hall–Kier alpha value is -4.16. The Morgan fingerprint density at radius 2 is 1.21 bits per heavy atom. The molecule has 34 heavy (non-hydrogen) atoms. The van der Waals surface area contributed by atoms with Gasteiger partial charge in [-0.25, -0.2) is 0 Å². The molecule has 8 rings (SSSR count). The molecule has 0 amide bonds. The van der Waals surface area contributed by atoms with E-state index in [9.17, 15) is 0 Å². The molecule has 0 aromatic heterocycles. The molecule has 0 saturated carbocycles. The van der Waals surface area contributed by atoms with Gasteiger partial charge in [0.1, 0.15) is 0 Å². The highest BCUT2D eigenvalue weighted by Crippen LogP contribution is 2.42. The van der Waals surface area contributed by atoms with Crippen LogP contribution in [0.1, 0.15) is 22.3 Å². The Balaban J connectivity index is 1.38. The van der Waals surface area contributed by atoms with Crippen LogP contribution in [0.5, 0.6) is 0 Å². The van der Waals surface area contributed by atoms with Gasteiger partial charge in [-0.2, -0.15) is 0 Å². The van der Waals surface area contributed by atoms with Gasteiger partial charge in [-0.15, -0.1) is 0 Å². The summed E-state index contributed by atoms with van der Waals surface area (Å²) in [5, 5.41) is 8.14. The molecule has 5 aromatic carbocycles. The van der Waals surface area contributed by atoms with Crippen LogP contribution in [0.3, 0.4) is 0 Å². The van der Waals surface area contributed by atoms with Crippen LogP contribution in [0.15, 0.2) is 109 Å². The van der Waals surface area contributed by atoms with Crippen LogP contribution < -0.4 is 0 Å². The largest absolute Gasteiger partial charge is 0.0795 e. The molecular weight excluding hydrogens is 408 g/mol. The number of hydrogen-bond acceptors (Lipinski definition) is 0. The Labute approximate surface area is 198 Å². The van der Waals surface area contributed by atoms with E-state index in [0.717, 1.165) is 12.8 Å². The Morgan fingerprint density at radius 1 is 0.500 bits per heavy atom. The lowest BCUT2D eigenvalue weighted by atomic mass is 9.83. The SMILES string of the molecule is C1=CC2=CCc3c(ccc4c(-c5cccc6c5ccc5c7c(ccc56)C=CC7)cccc34)C2=C1. The van der Waals surface area contributed by atoms with Gasteiger partial charge in [0.05, 0.1) is 0 Å². The van der Waals surface area contributed by atoms with Gasteiger partial charge in [-0.1, -0.05) is 109 Å². The molecule has 158 valence electrons. The molecule has 0 aliphatic heterocycles. The predicted molar refractivity (Wildman–Crippen MR) is 146 cm³/mol. The van der Waals surface area contributed by atoms with Crippen molar-refractivity contribution in [2.45, 2.75) is 12.8 Å². The van der Waals surface area contributed by atoms with E-state index >= 15 is 0 Å². The molecule has 5 aromatic rings. The van der Waals surface area contributed by atoms with Gasteiger partial charge in [0, 0.05) is 0 Å². The number of allylic oxidation sites excluding steroid dienone is 7. The van der Waals surface area contributed by atoms with Crippen molar-refractivity contribution in [2.24, 2.45) is 0 Å². The minimum Gasteiger partial charge on any atom is -0.0795 e. The number of benzene rings is 5. The van der Waals surface area contributed by atoms with Crippen molar-refractivity contribution in [3.63, 3.8) is 0 Å². The summed E-state index contributed by atoms with van der Waals surface area (Å²) in [7, 11) is 0. The quantitative estimate of drug-likeness (QED) is 0.233. The van der Waals surface area contributed by atoms with Crippen LogP contribution in [0.2, 0.25) is 0 Å². The maximum absolute atomic E-state index is 2.38. The lowest BCUT2D eigenvalue weighted by Crippen LogP contribution is -2.01. The first kappa shape index (κ1) is 18.3. The molecular formula is C34H22. The summed E-state index contributed by atoms with van der Waals surface area (Å²) in [6.45, 7) is 0. The average molecular weight is 431 g/mol. The summed E-state index contributed by atoms with van der Waals surface area (Å²) < 4.78 is 0. The zero-order chi connectivity index (χ0) is 22.2. The van der Waals surface area contributed by atoms with Crippen molar-refractivity contribution in [3.8, 4) is 11.1 Å². The highest BCUT2D eigenvalue weighted by Gasteiger charge is 2.20. The second kappa shape index (κ2) is 6.68. The summed E-state index contributed by atoms with van der Waals surface area (Å²) in [6, 6.07) is 27.6. The van der Waals surface area contributed by atoms with E-state index in [2.05, 4.69) is 109 Å². The molecule has 0 bridgehead atoms. The second-order valence-corrected chi connectivity index (χ2v) is 9.60. The van der Waals surface area contributed by atoms with Gasteiger partial charge in [-0.05, 0) is 89.7 Å². The molecule has 0 heteroatoms. The molecule has 0 heterocycles. The summed E-state index contributed by atoms with van der Waals surface area (Å²) >= 11 is 0. The highest BCUT2D eigenvalue weighted by molar-refractivity contribution is 6.16. The molecule has 0 fully saturated rings. The fourth-order valence-corrected chi connectivity index (χ4v) is 6.37. The van der Waals surface area contributed by atoms with E-state index in [0.29, 0.717) is 0 Å². The van der Waals surface area contributed by atoms with Crippen molar-refractivity contribution in [1.82, 2.24) is 0 Å². The van der Waals surface area contributed by atoms with Gasteiger partial charge in [0.25, 0.3) is 0 Å². The maximum atomic E-state index is 2.38. The van der Waals surface area contributed by atoms with Gasteiger partial charge in [0.2, 0.25) is 0 Å². The first-order chi connectivity index (χ1) is 16.9. The molecule has 0 N–H and O–H groups in total. The van der Waals surface area contributed by atoms with Gasteiger partial charge in [0.15, 0.2) is 0 Å². The van der Waals surface area contributed by atoms with Crippen molar-refractivity contribution < 1.29 is 0 Å². The maximum Gasteiger partial charge on any atom is -0.00759 e. The van der Waals surface area contributed by atoms with Crippen molar-refractivity contribution >= 4 is 44.0 Å². The second-order valence-electron chi connectivity index (χ2n) is 9.60. The number of rotatable bonds is 1. The minimum absolute atomic E-state index is 0.993. The average Bonchev–Trinajstić information content (AvgIpc) is 3.57. The Bertz CT molecular complexity index is 1840.